The lowest BCUT2D eigenvalue weighted by molar-refractivity contribution is 0.147. The molecule has 0 atom stereocenters. The SMILES string of the molecule is CCOCCCNc1nccn1C1CCCCC1. The summed E-state index contributed by atoms with van der Waals surface area (Å²) < 4.78 is 7.65. The van der Waals surface area contributed by atoms with E-state index in [1.54, 1.807) is 0 Å². The number of ether oxygens (including phenoxy) is 1. The van der Waals surface area contributed by atoms with Crippen LogP contribution in [-0.2, 0) is 4.74 Å². The molecule has 1 saturated carbocycles. The van der Waals surface area contributed by atoms with Gasteiger partial charge in [0.05, 0.1) is 0 Å². The predicted octanol–water partition coefficient (Wildman–Crippen LogP) is 3.23. The molecule has 1 fully saturated rings. The zero-order chi connectivity index (χ0) is 12.6. The van der Waals surface area contributed by atoms with Crippen LogP contribution < -0.4 is 5.32 Å². The van der Waals surface area contributed by atoms with E-state index in [4.69, 9.17) is 4.74 Å². The van der Waals surface area contributed by atoms with E-state index in [1.165, 1.54) is 32.1 Å². The molecule has 4 heteroatoms. The van der Waals surface area contributed by atoms with E-state index in [1.807, 2.05) is 13.1 Å². The monoisotopic (exact) mass is 251 g/mol. The molecule has 0 aliphatic heterocycles. The van der Waals surface area contributed by atoms with E-state index < -0.39 is 0 Å². The van der Waals surface area contributed by atoms with E-state index in [0.717, 1.165) is 32.1 Å². The van der Waals surface area contributed by atoms with E-state index in [0.29, 0.717) is 6.04 Å². The largest absolute Gasteiger partial charge is 0.382 e. The quantitative estimate of drug-likeness (QED) is 0.756. The summed E-state index contributed by atoms with van der Waals surface area (Å²) in [7, 11) is 0. The van der Waals surface area contributed by atoms with Gasteiger partial charge in [-0.1, -0.05) is 19.3 Å². The zero-order valence-corrected chi connectivity index (χ0v) is 11.4. The lowest BCUT2D eigenvalue weighted by Crippen LogP contribution is -2.16. The van der Waals surface area contributed by atoms with Crippen molar-refractivity contribution >= 4 is 5.95 Å². The van der Waals surface area contributed by atoms with Gasteiger partial charge in [0.2, 0.25) is 5.95 Å². The zero-order valence-electron chi connectivity index (χ0n) is 11.4. The van der Waals surface area contributed by atoms with Gasteiger partial charge in [0.1, 0.15) is 0 Å². The van der Waals surface area contributed by atoms with Crippen LogP contribution in [-0.4, -0.2) is 29.3 Å². The summed E-state index contributed by atoms with van der Waals surface area (Å²) in [6, 6.07) is 0.649. The number of nitrogens with one attached hydrogen (secondary N) is 1. The van der Waals surface area contributed by atoms with E-state index in [9.17, 15) is 0 Å². The second-order valence-electron chi connectivity index (χ2n) is 4.93. The molecular weight excluding hydrogens is 226 g/mol. The summed E-state index contributed by atoms with van der Waals surface area (Å²) in [6.45, 7) is 4.59. The molecule has 102 valence electrons. The fourth-order valence-corrected chi connectivity index (χ4v) is 2.62. The topological polar surface area (TPSA) is 39.1 Å². The summed E-state index contributed by atoms with van der Waals surface area (Å²) in [6.07, 6.45) is 11.7. The van der Waals surface area contributed by atoms with Crippen LogP contribution >= 0.6 is 0 Å². The fourth-order valence-electron chi connectivity index (χ4n) is 2.62. The first-order valence-electron chi connectivity index (χ1n) is 7.26. The highest BCUT2D eigenvalue weighted by atomic mass is 16.5. The van der Waals surface area contributed by atoms with Crippen molar-refractivity contribution < 1.29 is 4.74 Å². The highest BCUT2D eigenvalue weighted by Crippen LogP contribution is 2.29. The van der Waals surface area contributed by atoms with Crippen LogP contribution in [0.3, 0.4) is 0 Å². The standard InChI is InChI=1S/C14H25N3O/c1-2-18-12-6-9-15-14-16-10-11-17(14)13-7-4-3-5-8-13/h10-11,13H,2-9,12H2,1H3,(H,15,16). The molecule has 0 unspecified atom stereocenters. The molecule has 1 aliphatic rings. The van der Waals surface area contributed by atoms with Crippen LogP contribution in [0.4, 0.5) is 5.95 Å². The number of hydrogen-bond acceptors (Lipinski definition) is 3. The van der Waals surface area contributed by atoms with Crippen molar-refractivity contribution in [1.82, 2.24) is 9.55 Å². The Morgan fingerprint density at radius 3 is 3.00 bits per heavy atom. The molecule has 0 radical (unpaired) electrons. The van der Waals surface area contributed by atoms with Crippen molar-refractivity contribution in [2.75, 3.05) is 25.1 Å². The molecule has 18 heavy (non-hydrogen) atoms. The summed E-state index contributed by atoms with van der Waals surface area (Å²) in [5.41, 5.74) is 0. The van der Waals surface area contributed by atoms with Crippen molar-refractivity contribution in [3.63, 3.8) is 0 Å². The third-order valence-corrected chi connectivity index (χ3v) is 3.59. The van der Waals surface area contributed by atoms with Gasteiger partial charge < -0.3 is 14.6 Å². The number of imidazole rings is 1. The van der Waals surface area contributed by atoms with Crippen molar-refractivity contribution in [3.8, 4) is 0 Å². The normalized spacial score (nSPS) is 16.9. The molecule has 1 aromatic heterocycles. The van der Waals surface area contributed by atoms with E-state index in [2.05, 4.69) is 21.1 Å². The molecule has 0 saturated heterocycles. The third kappa shape index (κ3) is 3.73. The van der Waals surface area contributed by atoms with Gasteiger partial charge in [-0.15, -0.1) is 0 Å². The minimum atomic E-state index is 0.649. The maximum atomic E-state index is 5.33. The van der Waals surface area contributed by atoms with Crippen LogP contribution in [0.1, 0.15) is 51.5 Å². The maximum absolute atomic E-state index is 5.33. The average molecular weight is 251 g/mol. The fraction of sp³-hybridized carbons (Fsp3) is 0.786. The predicted molar refractivity (Wildman–Crippen MR) is 73.9 cm³/mol. The van der Waals surface area contributed by atoms with Crippen LogP contribution in [0, 0.1) is 0 Å². The first kappa shape index (κ1) is 13.4. The van der Waals surface area contributed by atoms with Crippen LogP contribution in [0.2, 0.25) is 0 Å². The Morgan fingerprint density at radius 2 is 2.22 bits per heavy atom. The first-order valence-corrected chi connectivity index (χ1v) is 7.26. The highest BCUT2D eigenvalue weighted by Gasteiger charge is 2.17. The highest BCUT2D eigenvalue weighted by molar-refractivity contribution is 5.26. The van der Waals surface area contributed by atoms with Gasteiger partial charge in [-0.05, 0) is 26.2 Å². The van der Waals surface area contributed by atoms with Gasteiger partial charge in [0, 0.05) is 38.2 Å². The lowest BCUT2D eigenvalue weighted by Gasteiger charge is -2.24. The minimum Gasteiger partial charge on any atom is -0.382 e. The molecule has 0 spiro atoms. The van der Waals surface area contributed by atoms with Crippen molar-refractivity contribution in [3.05, 3.63) is 12.4 Å². The average Bonchev–Trinajstić information content (AvgIpc) is 2.88. The Balaban J connectivity index is 1.79. The van der Waals surface area contributed by atoms with Crippen LogP contribution in [0.5, 0.6) is 0 Å². The molecular formula is C14H25N3O. The summed E-state index contributed by atoms with van der Waals surface area (Å²) in [5.74, 6) is 1.03. The number of aromatic nitrogens is 2. The number of rotatable bonds is 7. The third-order valence-electron chi connectivity index (χ3n) is 3.59. The summed E-state index contributed by atoms with van der Waals surface area (Å²) in [4.78, 5) is 4.42. The van der Waals surface area contributed by atoms with Crippen LogP contribution in [0.25, 0.3) is 0 Å². The number of anilines is 1. The molecule has 0 aromatic carbocycles. The Morgan fingerprint density at radius 1 is 1.39 bits per heavy atom. The van der Waals surface area contributed by atoms with Gasteiger partial charge in [-0.2, -0.15) is 0 Å². The molecule has 0 amide bonds. The molecule has 0 bridgehead atoms. The minimum absolute atomic E-state index is 0.649. The van der Waals surface area contributed by atoms with Gasteiger partial charge >= 0.3 is 0 Å². The van der Waals surface area contributed by atoms with E-state index >= 15 is 0 Å². The molecule has 1 N–H and O–H groups in total. The van der Waals surface area contributed by atoms with Gasteiger partial charge in [-0.3, -0.25) is 0 Å². The second kappa shape index (κ2) is 7.41. The van der Waals surface area contributed by atoms with E-state index in [-0.39, 0.29) is 0 Å². The van der Waals surface area contributed by atoms with Gasteiger partial charge in [0.25, 0.3) is 0 Å². The number of nitrogens with zero attached hydrogens (tertiary/aromatic N) is 2. The Hall–Kier alpha value is -1.03. The molecule has 1 heterocycles. The van der Waals surface area contributed by atoms with Crippen molar-refractivity contribution in [1.29, 1.82) is 0 Å². The Kier molecular flexibility index (Phi) is 5.52. The number of hydrogen-bond donors (Lipinski definition) is 1. The molecule has 1 aliphatic carbocycles. The molecule has 2 rings (SSSR count). The van der Waals surface area contributed by atoms with Crippen molar-refractivity contribution in [2.24, 2.45) is 0 Å². The Bertz CT molecular complexity index is 332. The summed E-state index contributed by atoms with van der Waals surface area (Å²) in [5, 5.41) is 3.42. The van der Waals surface area contributed by atoms with Crippen molar-refractivity contribution in [2.45, 2.75) is 51.5 Å². The van der Waals surface area contributed by atoms with Gasteiger partial charge in [0.15, 0.2) is 0 Å². The smallest absolute Gasteiger partial charge is 0.203 e. The van der Waals surface area contributed by atoms with Crippen LogP contribution in [0.15, 0.2) is 12.4 Å². The molecule has 1 aromatic rings. The second-order valence-corrected chi connectivity index (χ2v) is 4.93. The lowest BCUT2D eigenvalue weighted by atomic mass is 9.95. The van der Waals surface area contributed by atoms with Gasteiger partial charge in [-0.25, -0.2) is 4.98 Å². The molecule has 4 nitrogen and oxygen atoms in total. The summed E-state index contributed by atoms with van der Waals surface area (Å²) >= 11 is 0. The Labute approximate surface area is 110 Å². The first-order chi connectivity index (χ1) is 8.92. The maximum Gasteiger partial charge on any atom is 0.203 e.